The minimum atomic E-state index is -0.642. The van der Waals surface area contributed by atoms with E-state index >= 15 is 0 Å². The number of halogens is 3. The van der Waals surface area contributed by atoms with Gasteiger partial charge in [0.1, 0.15) is 6.10 Å². The second-order valence-electron chi connectivity index (χ2n) is 2.81. The molecule has 0 saturated heterocycles. The van der Waals surface area contributed by atoms with Gasteiger partial charge in [-0.1, -0.05) is 23.2 Å². The molecule has 0 amide bonds. The molecule has 1 atom stereocenters. The molecule has 6 heteroatoms. The molecule has 2 heterocycles. The van der Waals surface area contributed by atoms with Crippen LogP contribution in [0.1, 0.15) is 15.9 Å². The van der Waals surface area contributed by atoms with E-state index in [0.29, 0.717) is 9.36 Å². The molecule has 0 radical (unpaired) electrons. The van der Waals surface area contributed by atoms with Gasteiger partial charge >= 0.3 is 0 Å². The lowest BCUT2D eigenvalue weighted by Crippen LogP contribution is -1.92. The molecular formula is C9H5BrCl2OS2. The molecule has 0 aliphatic carbocycles. The smallest absolute Gasteiger partial charge is 0.122 e. The van der Waals surface area contributed by atoms with Gasteiger partial charge in [-0.25, -0.2) is 0 Å². The maximum atomic E-state index is 10.0. The number of rotatable bonds is 2. The fourth-order valence-electron chi connectivity index (χ4n) is 1.11. The lowest BCUT2D eigenvalue weighted by Gasteiger charge is -2.04. The summed E-state index contributed by atoms with van der Waals surface area (Å²) in [5.74, 6) is 0. The quantitative estimate of drug-likeness (QED) is 0.816. The summed E-state index contributed by atoms with van der Waals surface area (Å²) in [4.78, 5) is 1.64. The van der Waals surface area contributed by atoms with E-state index < -0.39 is 6.10 Å². The molecule has 2 rings (SSSR count). The fourth-order valence-corrected chi connectivity index (χ4v) is 4.01. The third kappa shape index (κ3) is 2.57. The van der Waals surface area contributed by atoms with Crippen LogP contribution < -0.4 is 0 Å². The summed E-state index contributed by atoms with van der Waals surface area (Å²) in [7, 11) is 0. The average Bonchev–Trinajstić information content (AvgIpc) is 2.74. The Hall–Kier alpha value is 0.420. The number of hydrogen-bond donors (Lipinski definition) is 1. The van der Waals surface area contributed by atoms with E-state index in [1.54, 1.807) is 12.1 Å². The van der Waals surface area contributed by atoms with E-state index in [2.05, 4.69) is 15.9 Å². The average molecular weight is 344 g/mol. The maximum absolute atomic E-state index is 10.0. The second kappa shape index (κ2) is 4.73. The molecule has 0 aliphatic rings. The van der Waals surface area contributed by atoms with Crippen molar-refractivity contribution >= 4 is 61.8 Å². The third-order valence-electron chi connectivity index (χ3n) is 1.80. The molecule has 1 unspecified atom stereocenters. The summed E-state index contributed by atoms with van der Waals surface area (Å²) in [5, 5.41) is 10.6. The highest BCUT2D eigenvalue weighted by molar-refractivity contribution is 9.11. The Labute approximate surface area is 113 Å². The number of hydrogen-bond acceptors (Lipinski definition) is 3. The SMILES string of the molecule is OC(c1ccc(Cl)s1)c1cc(Cl)c(Br)s1. The summed E-state index contributed by atoms with van der Waals surface area (Å²) in [6.45, 7) is 0. The summed E-state index contributed by atoms with van der Waals surface area (Å²) in [6, 6.07) is 5.35. The van der Waals surface area contributed by atoms with E-state index in [4.69, 9.17) is 23.2 Å². The van der Waals surface area contributed by atoms with Gasteiger partial charge in [-0.3, -0.25) is 0 Å². The zero-order valence-electron chi connectivity index (χ0n) is 7.21. The predicted octanol–water partition coefficient (Wildman–Crippen LogP) is 4.96. The van der Waals surface area contributed by atoms with Crippen molar-refractivity contribution in [2.24, 2.45) is 0 Å². The van der Waals surface area contributed by atoms with Gasteiger partial charge < -0.3 is 5.11 Å². The molecule has 2 aromatic rings. The van der Waals surface area contributed by atoms with Crippen molar-refractivity contribution in [2.75, 3.05) is 0 Å². The first kappa shape index (κ1) is 11.9. The van der Waals surface area contributed by atoms with E-state index in [1.807, 2.05) is 6.07 Å². The van der Waals surface area contributed by atoms with Crippen LogP contribution in [0.5, 0.6) is 0 Å². The second-order valence-corrected chi connectivity index (χ2v) is 7.37. The van der Waals surface area contributed by atoms with Gasteiger partial charge in [0, 0.05) is 9.75 Å². The van der Waals surface area contributed by atoms with E-state index in [9.17, 15) is 5.11 Å². The minimum Gasteiger partial charge on any atom is -0.382 e. The molecule has 0 saturated carbocycles. The predicted molar refractivity (Wildman–Crippen MR) is 70.4 cm³/mol. The molecule has 0 bridgehead atoms. The van der Waals surface area contributed by atoms with Gasteiger partial charge in [-0.15, -0.1) is 22.7 Å². The molecule has 80 valence electrons. The van der Waals surface area contributed by atoms with Crippen molar-refractivity contribution in [2.45, 2.75) is 6.10 Å². The molecule has 0 aromatic carbocycles. The van der Waals surface area contributed by atoms with Gasteiger partial charge in [-0.2, -0.15) is 0 Å². The number of thiophene rings is 2. The Balaban J connectivity index is 2.31. The van der Waals surface area contributed by atoms with Crippen LogP contribution in [-0.4, -0.2) is 5.11 Å². The zero-order chi connectivity index (χ0) is 11.0. The van der Waals surface area contributed by atoms with Gasteiger partial charge in [0.25, 0.3) is 0 Å². The zero-order valence-corrected chi connectivity index (χ0v) is 11.9. The van der Waals surface area contributed by atoms with Crippen LogP contribution in [0.2, 0.25) is 9.36 Å². The van der Waals surface area contributed by atoms with Crippen molar-refractivity contribution in [3.63, 3.8) is 0 Å². The first-order valence-corrected chi connectivity index (χ1v) is 7.14. The van der Waals surface area contributed by atoms with Crippen LogP contribution in [0.4, 0.5) is 0 Å². The highest BCUT2D eigenvalue weighted by atomic mass is 79.9. The van der Waals surface area contributed by atoms with Crippen LogP contribution in [0, 0.1) is 0 Å². The lowest BCUT2D eigenvalue weighted by molar-refractivity contribution is 0.228. The van der Waals surface area contributed by atoms with Crippen molar-refractivity contribution < 1.29 is 5.11 Å². The van der Waals surface area contributed by atoms with Crippen LogP contribution in [0.3, 0.4) is 0 Å². The summed E-state index contributed by atoms with van der Waals surface area (Å²) in [6.07, 6.45) is -0.642. The van der Waals surface area contributed by atoms with Crippen LogP contribution in [0.25, 0.3) is 0 Å². The van der Waals surface area contributed by atoms with Crippen molar-refractivity contribution in [1.29, 1.82) is 0 Å². The number of aliphatic hydroxyl groups is 1. The summed E-state index contributed by atoms with van der Waals surface area (Å²) < 4.78 is 1.51. The Kier molecular flexibility index (Phi) is 3.75. The van der Waals surface area contributed by atoms with E-state index in [0.717, 1.165) is 13.5 Å². The molecule has 0 aliphatic heterocycles. The fraction of sp³-hybridized carbons (Fsp3) is 0.111. The van der Waals surface area contributed by atoms with E-state index in [-0.39, 0.29) is 0 Å². The topological polar surface area (TPSA) is 20.2 Å². The Morgan fingerprint density at radius 1 is 1.20 bits per heavy atom. The van der Waals surface area contributed by atoms with Crippen LogP contribution >= 0.6 is 61.8 Å². The first-order valence-electron chi connectivity index (χ1n) is 3.96. The standard InChI is InChI=1S/C9H5BrCl2OS2/c10-9-4(11)3-6(15-9)8(13)5-1-2-7(12)14-5/h1-3,8,13H. The summed E-state index contributed by atoms with van der Waals surface area (Å²) in [5.41, 5.74) is 0. The highest BCUT2D eigenvalue weighted by Crippen LogP contribution is 2.39. The van der Waals surface area contributed by atoms with Crippen LogP contribution in [0.15, 0.2) is 22.0 Å². The van der Waals surface area contributed by atoms with Crippen molar-refractivity contribution in [1.82, 2.24) is 0 Å². The van der Waals surface area contributed by atoms with Crippen molar-refractivity contribution in [3.05, 3.63) is 41.1 Å². The van der Waals surface area contributed by atoms with Crippen molar-refractivity contribution in [3.8, 4) is 0 Å². The molecule has 1 nitrogen and oxygen atoms in total. The maximum Gasteiger partial charge on any atom is 0.122 e. The van der Waals surface area contributed by atoms with Crippen LogP contribution in [-0.2, 0) is 0 Å². The number of aliphatic hydroxyl groups excluding tert-OH is 1. The van der Waals surface area contributed by atoms with Gasteiger partial charge in [0.05, 0.1) is 13.1 Å². The molecule has 0 fully saturated rings. The lowest BCUT2D eigenvalue weighted by atomic mass is 10.2. The minimum absolute atomic E-state index is 0.622. The molecule has 2 aromatic heterocycles. The highest BCUT2D eigenvalue weighted by Gasteiger charge is 2.16. The Morgan fingerprint density at radius 2 is 1.93 bits per heavy atom. The molecule has 1 N–H and O–H groups in total. The molecule has 0 spiro atoms. The molecule has 15 heavy (non-hydrogen) atoms. The van der Waals surface area contributed by atoms with Gasteiger partial charge in [0.15, 0.2) is 0 Å². The monoisotopic (exact) mass is 342 g/mol. The van der Waals surface area contributed by atoms with E-state index in [1.165, 1.54) is 22.7 Å². The normalized spacial score (nSPS) is 13.1. The largest absolute Gasteiger partial charge is 0.382 e. The van der Waals surface area contributed by atoms with Gasteiger partial charge in [-0.05, 0) is 34.1 Å². The Morgan fingerprint density at radius 3 is 2.40 bits per heavy atom. The molecular weight excluding hydrogens is 339 g/mol. The Bertz CT molecular complexity index is 461. The first-order chi connectivity index (χ1) is 7.08. The summed E-state index contributed by atoms with van der Waals surface area (Å²) >= 11 is 17.8. The van der Waals surface area contributed by atoms with Gasteiger partial charge in [0.2, 0.25) is 0 Å². The third-order valence-corrected chi connectivity index (χ3v) is 5.61.